The zero-order valence-electron chi connectivity index (χ0n) is 12.8. The van der Waals surface area contributed by atoms with Crippen LogP contribution in [0.4, 0.5) is 5.82 Å². The summed E-state index contributed by atoms with van der Waals surface area (Å²) in [6.07, 6.45) is 6.92. The monoisotopic (exact) mass is 278 g/mol. The van der Waals surface area contributed by atoms with E-state index in [9.17, 15) is 4.79 Å². The predicted octanol–water partition coefficient (Wildman–Crippen LogP) is 1.38. The molecule has 0 radical (unpaired) electrons. The van der Waals surface area contributed by atoms with Crippen LogP contribution in [-0.2, 0) is 7.05 Å². The van der Waals surface area contributed by atoms with Gasteiger partial charge in [-0.1, -0.05) is 6.92 Å². The molecule has 1 aromatic rings. The molecule has 1 N–H and O–H groups in total. The maximum atomic E-state index is 12.2. The molecule has 0 saturated carbocycles. The number of nitrogens with one attached hydrogen (secondary N) is 1. The summed E-state index contributed by atoms with van der Waals surface area (Å²) in [5.41, 5.74) is 0.00215. The summed E-state index contributed by atoms with van der Waals surface area (Å²) >= 11 is 0. The third-order valence-electron chi connectivity index (χ3n) is 4.18. The topological polar surface area (TPSA) is 50.2 Å². The molecule has 0 aromatic carbocycles. The van der Waals surface area contributed by atoms with Gasteiger partial charge in [-0.15, -0.1) is 0 Å². The normalized spacial score (nSPS) is 20.9. The Hall–Kier alpha value is -1.36. The minimum Gasteiger partial charge on any atom is -0.352 e. The van der Waals surface area contributed by atoms with Gasteiger partial charge in [-0.25, -0.2) is 4.98 Å². The van der Waals surface area contributed by atoms with E-state index in [4.69, 9.17) is 0 Å². The van der Waals surface area contributed by atoms with E-state index in [1.807, 2.05) is 0 Å². The van der Waals surface area contributed by atoms with Gasteiger partial charge in [-0.3, -0.25) is 4.79 Å². The standard InChI is InChI=1S/C15H26N4O/c1-4-7-16-12(2)13-6-5-9-19(11-13)14-15(20)18(3)10-8-17-14/h8,10,12-13,16H,4-7,9,11H2,1-3H3. The fourth-order valence-corrected chi connectivity index (χ4v) is 2.85. The van der Waals surface area contributed by atoms with Crippen molar-refractivity contribution in [2.75, 3.05) is 24.5 Å². The lowest BCUT2D eigenvalue weighted by molar-refractivity contribution is 0.319. The van der Waals surface area contributed by atoms with Crippen molar-refractivity contribution in [3.8, 4) is 0 Å². The van der Waals surface area contributed by atoms with Gasteiger partial charge in [0.05, 0.1) is 0 Å². The third kappa shape index (κ3) is 3.39. The van der Waals surface area contributed by atoms with Gasteiger partial charge in [0.25, 0.3) is 5.56 Å². The maximum Gasteiger partial charge on any atom is 0.293 e. The number of nitrogens with zero attached hydrogens (tertiary/aromatic N) is 3. The van der Waals surface area contributed by atoms with Gasteiger partial charge in [-0.05, 0) is 38.6 Å². The second-order valence-corrected chi connectivity index (χ2v) is 5.76. The maximum absolute atomic E-state index is 12.2. The number of anilines is 1. The first-order valence-electron chi connectivity index (χ1n) is 7.63. The lowest BCUT2D eigenvalue weighted by Crippen LogP contribution is -2.46. The van der Waals surface area contributed by atoms with Crippen molar-refractivity contribution in [3.05, 3.63) is 22.7 Å². The van der Waals surface area contributed by atoms with Crippen molar-refractivity contribution >= 4 is 5.82 Å². The molecule has 2 atom stereocenters. The Morgan fingerprint density at radius 2 is 2.35 bits per heavy atom. The van der Waals surface area contributed by atoms with Crippen LogP contribution in [0.3, 0.4) is 0 Å². The molecular weight excluding hydrogens is 252 g/mol. The van der Waals surface area contributed by atoms with Crippen LogP contribution >= 0.6 is 0 Å². The van der Waals surface area contributed by atoms with Crippen molar-refractivity contribution in [2.24, 2.45) is 13.0 Å². The zero-order valence-corrected chi connectivity index (χ0v) is 12.8. The minimum atomic E-state index is 0.00215. The number of piperidine rings is 1. The van der Waals surface area contributed by atoms with Gasteiger partial charge in [0.2, 0.25) is 0 Å². The molecule has 0 aliphatic carbocycles. The number of rotatable bonds is 5. The van der Waals surface area contributed by atoms with Crippen LogP contribution in [0.25, 0.3) is 0 Å². The number of aromatic nitrogens is 2. The largest absolute Gasteiger partial charge is 0.352 e. The molecule has 0 bridgehead atoms. The van der Waals surface area contributed by atoms with Crippen LogP contribution in [0.5, 0.6) is 0 Å². The minimum absolute atomic E-state index is 0.00215. The van der Waals surface area contributed by atoms with Gasteiger partial charge >= 0.3 is 0 Å². The fourth-order valence-electron chi connectivity index (χ4n) is 2.85. The van der Waals surface area contributed by atoms with Gasteiger partial charge < -0.3 is 14.8 Å². The number of hydrogen-bond acceptors (Lipinski definition) is 4. The van der Waals surface area contributed by atoms with E-state index in [0.717, 1.165) is 32.5 Å². The van der Waals surface area contributed by atoms with E-state index >= 15 is 0 Å². The molecule has 2 unspecified atom stereocenters. The second-order valence-electron chi connectivity index (χ2n) is 5.76. The predicted molar refractivity (Wildman–Crippen MR) is 82.2 cm³/mol. The van der Waals surface area contributed by atoms with Crippen LogP contribution in [-0.4, -0.2) is 35.2 Å². The van der Waals surface area contributed by atoms with E-state index in [2.05, 4.69) is 29.0 Å². The lowest BCUT2D eigenvalue weighted by atomic mass is 9.91. The first kappa shape index (κ1) is 15.0. The Kier molecular flexibility index (Phi) is 5.17. The lowest BCUT2D eigenvalue weighted by Gasteiger charge is -2.36. The van der Waals surface area contributed by atoms with Crippen LogP contribution in [0.1, 0.15) is 33.1 Å². The van der Waals surface area contributed by atoms with Crippen molar-refractivity contribution < 1.29 is 0 Å². The molecule has 20 heavy (non-hydrogen) atoms. The molecule has 2 rings (SSSR count). The molecule has 1 aromatic heterocycles. The highest BCUT2D eigenvalue weighted by molar-refractivity contribution is 5.36. The van der Waals surface area contributed by atoms with Gasteiger partial charge in [0, 0.05) is 38.6 Å². The first-order valence-corrected chi connectivity index (χ1v) is 7.63. The summed E-state index contributed by atoms with van der Waals surface area (Å²) in [6.45, 7) is 7.35. The van der Waals surface area contributed by atoms with Gasteiger partial charge in [-0.2, -0.15) is 0 Å². The van der Waals surface area contributed by atoms with Crippen LogP contribution < -0.4 is 15.8 Å². The summed E-state index contributed by atoms with van der Waals surface area (Å²) in [4.78, 5) is 18.6. The molecule has 112 valence electrons. The highest BCUT2D eigenvalue weighted by Gasteiger charge is 2.26. The zero-order chi connectivity index (χ0) is 14.5. The Balaban J connectivity index is 2.06. The van der Waals surface area contributed by atoms with E-state index in [1.165, 1.54) is 6.42 Å². The summed E-state index contributed by atoms with van der Waals surface area (Å²) in [6, 6.07) is 0.491. The van der Waals surface area contributed by atoms with Crippen molar-refractivity contribution in [2.45, 2.75) is 39.2 Å². The molecule has 1 fully saturated rings. The van der Waals surface area contributed by atoms with Crippen LogP contribution in [0.2, 0.25) is 0 Å². The van der Waals surface area contributed by atoms with Gasteiger partial charge in [0.15, 0.2) is 5.82 Å². The Bertz CT molecular complexity index is 485. The molecule has 5 heteroatoms. The molecule has 5 nitrogen and oxygen atoms in total. The quantitative estimate of drug-likeness (QED) is 0.884. The summed E-state index contributed by atoms with van der Waals surface area (Å²) in [5, 5.41) is 3.57. The molecule has 2 heterocycles. The van der Waals surface area contributed by atoms with Crippen molar-refractivity contribution in [1.82, 2.24) is 14.9 Å². The smallest absolute Gasteiger partial charge is 0.293 e. The summed E-state index contributed by atoms with van der Waals surface area (Å²) in [7, 11) is 1.78. The average molecular weight is 278 g/mol. The van der Waals surface area contributed by atoms with Crippen molar-refractivity contribution in [3.63, 3.8) is 0 Å². The van der Waals surface area contributed by atoms with Gasteiger partial charge in [0.1, 0.15) is 0 Å². The Labute approximate surface area is 121 Å². The third-order valence-corrected chi connectivity index (χ3v) is 4.18. The average Bonchev–Trinajstić information content (AvgIpc) is 2.47. The highest BCUT2D eigenvalue weighted by atomic mass is 16.1. The first-order chi connectivity index (χ1) is 9.63. The Morgan fingerprint density at radius 1 is 1.55 bits per heavy atom. The Morgan fingerprint density at radius 3 is 3.10 bits per heavy atom. The molecular formula is C15H26N4O. The van der Waals surface area contributed by atoms with E-state index in [1.54, 1.807) is 24.0 Å². The van der Waals surface area contributed by atoms with Crippen LogP contribution in [0, 0.1) is 5.92 Å². The molecule has 1 aliphatic heterocycles. The molecule has 1 aliphatic rings. The SMILES string of the molecule is CCCNC(C)C1CCCN(c2nccn(C)c2=O)C1. The van der Waals surface area contributed by atoms with E-state index in [-0.39, 0.29) is 5.56 Å². The van der Waals surface area contributed by atoms with E-state index < -0.39 is 0 Å². The summed E-state index contributed by atoms with van der Waals surface area (Å²) in [5.74, 6) is 1.18. The second kappa shape index (κ2) is 6.88. The van der Waals surface area contributed by atoms with Crippen LogP contribution in [0.15, 0.2) is 17.2 Å². The highest BCUT2D eigenvalue weighted by Crippen LogP contribution is 2.22. The van der Waals surface area contributed by atoms with E-state index in [0.29, 0.717) is 17.8 Å². The summed E-state index contributed by atoms with van der Waals surface area (Å²) < 4.78 is 1.60. The molecule has 1 saturated heterocycles. The number of hydrogen-bond donors (Lipinski definition) is 1. The molecule has 0 amide bonds. The van der Waals surface area contributed by atoms with Crippen molar-refractivity contribution in [1.29, 1.82) is 0 Å². The fraction of sp³-hybridized carbons (Fsp3) is 0.733. The number of aryl methyl sites for hydroxylation is 1. The molecule has 0 spiro atoms.